The summed E-state index contributed by atoms with van der Waals surface area (Å²) in [6.07, 6.45) is 3.00. The van der Waals surface area contributed by atoms with Gasteiger partial charge >= 0.3 is 0 Å². The zero-order valence-corrected chi connectivity index (χ0v) is 9.08. The maximum atomic E-state index is 9.46. The number of aliphatic hydroxyl groups is 2. The van der Waals surface area contributed by atoms with Crippen LogP contribution in [0.15, 0.2) is 0 Å². The largest absolute Gasteiger partial charge is 0.391 e. The predicted octanol–water partition coefficient (Wildman–Crippen LogP) is -0.128. The van der Waals surface area contributed by atoms with Gasteiger partial charge in [-0.3, -0.25) is 0 Å². The van der Waals surface area contributed by atoms with Gasteiger partial charge in [-0.15, -0.1) is 0 Å². The van der Waals surface area contributed by atoms with Crippen LogP contribution in [0.25, 0.3) is 0 Å². The third-order valence-electron chi connectivity index (χ3n) is 2.15. The van der Waals surface area contributed by atoms with Crippen molar-refractivity contribution in [2.75, 3.05) is 13.2 Å². The standard InChI is InChI=1S/C10H23NO2/c1-9(11-7-8-12)5-4-6-10(2,3)13/h9,11-13H,4-8H2,1-3H3/p+1/t9-/m0/s1. The van der Waals surface area contributed by atoms with Crippen molar-refractivity contribution < 1.29 is 15.5 Å². The Morgan fingerprint density at radius 2 is 2.00 bits per heavy atom. The third kappa shape index (κ3) is 9.80. The van der Waals surface area contributed by atoms with E-state index < -0.39 is 5.60 Å². The molecule has 1 atom stereocenters. The summed E-state index contributed by atoms with van der Waals surface area (Å²) in [5.41, 5.74) is -0.531. The first kappa shape index (κ1) is 12.9. The highest BCUT2D eigenvalue weighted by molar-refractivity contribution is 4.65. The van der Waals surface area contributed by atoms with Crippen LogP contribution >= 0.6 is 0 Å². The molecule has 0 aromatic heterocycles. The van der Waals surface area contributed by atoms with E-state index in [1.165, 1.54) is 0 Å². The summed E-state index contributed by atoms with van der Waals surface area (Å²) < 4.78 is 0. The molecule has 13 heavy (non-hydrogen) atoms. The summed E-state index contributed by atoms with van der Waals surface area (Å²) in [5.74, 6) is 0. The van der Waals surface area contributed by atoms with Crippen molar-refractivity contribution in [3.05, 3.63) is 0 Å². The van der Waals surface area contributed by atoms with Crippen LogP contribution in [-0.4, -0.2) is 35.0 Å². The first-order valence-corrected chi connectivity index (χ1v) is 5.12. The van der Waals surface area contributed by atoms with Gasteiger partial charge in [0.1, 0.15) is 0 Å². The van der Waals surface area contributed by atoms with Crippen LogP contribution < -0.4 is 5.32 Å². The van der Waals surface area contributed by atoms with E-state index in [1.54, 1.807) is 0 Å². The number of aliphatic hydroxyl groups excluding tert-OH is 1. The van der Waals surface area contributed by atoms with Gasteiger partial charge in [-0.1, -0.05) is 0 Å². The summed E-state index contributed by atoms with van der Waals surface area (Å²) in [4.78, 5) is 0. The summed E-state index contributed by atoms with van der Waals surface area (Å²) in [5, 5.41) is 20.2. The van der Waals surface area contributed by atoms with Gasteiger partial charge in [0.2, 0.25) is 0 Å². The lowest BCUT2D eigenvalue weighted by Crippen LogP contribution is -2.90. The summed E-state index contributed by atoms with van der Waals surface area (Å²) in [6.45, 7) is 6.86. The Bertz CT molecular complexity index is 121. The molecule has 4 N–H and O–H groups in total. The Kier molecular flexibility index (Phi) is 6.29. The Morgan fingerprint density at radius 1 is 1.38 bits per heavy atom. The van der Waals surface area contributed by atoms with Crippen molar-refractivity contribution >= 4 is 0 Å². The third-order valence-corrected chi connectivity index (χ3v) is 2.15. The van der Waals surface area contributed by atoms with E-state index in [0.717, 1.165) is 25.8 Å². The minimum Gasteiger partial charge on any atom is -0.391 e. The average Bonchev–Trinajstić information content (AvgIpc) is 1.98. The number of rotatable bonds is 7. The smallest absolute Gasteiger partial charge is 0.0992 e. The van der Waals surface area contributed by atoms with E-state index in [1.807, 2.05) is 13.8 Å². The van der Waals surface area contributed by atoms with Gasteiger partial charge in [0.25, 0.3) is 0 Å². The maximum absolute atomic E-state index is 9.46. The van der Waals surface area contributed by atoms with Crippen LogP contribution in [0, 0.1) is 0 Å². The second kappa shape index (κ2) is 6.35. The molecule has 0 aromatic rings. The quantitative estimate of drug-likeness (QED) is 0.524. The molecule has 0 bridgehead atoms. The van der Waals surface area contributed by atoms with Crippen LogP contribution in [0.2, 0.25) is 0 Å². The lowest BCUT2D eigenvalue weighted by molar-refractivity contribution is -0.687. The first-order chi connectivity index (χ1) is 5.95. The maximum Gasteiger partial charge on any atom is 0.0992 e. The number of nitrogens with two attached hydrogens (primary N) is 1. The minimum absolute atomic E-state index is 0.246. The number of quaternary nitrogens is 1. The Morgan fingerprint density at radius 3 is 2.46 bits per heavy atom. The van der Waals surface area contributed by atoms with E-state index in [4.69, 9.17) is 5.11 Å². The van der Waals surface area contributed by atoms with Crippen molar-refractivity contribution in [1.82, 2.24) is 0 Å². The van der Waals surface area contributed by atoms with Crippen molar-refractivity contribution in [3.8, 4) is 0 Å². The molecule has 0 aliphatic heterocycles. The average molecular weight is 190 g/mol. The van der Waals surface area contributed by atoms with Gasteiger partial charge in [0.15, 0.2) is 0 Å². The van der Waals surface area contributed by atoms with Crippen molar-refractivity contribution in [1.29, 1.82) is 0 Å². The topological polar surface area (TPSA) is 57.1 Å². The molecule has 0 fully saturated rings. The number of hydrogen-bond acceptors (Lipinski definition) is 2. The highest BCUT2D eigenvalue weighted by Gasteiger charge is 2.13. The molecule has 0 aromatic carbocycles. The fourth-order valence-corrected chi connectivity index (χ4v) is 1.33. The predicted molar refractivity (Wildman–Crippen MR) is 53.5 cm³/mol. The molecule has 0 saturated heterocycles. The van der Waals surface area contributed by atoms with Crippen molar-refractivity contribution in [2.45, 2.75) is 51.7 Å². The van der Waals surface area contributed by atoms with Crippen molar-refractivity contribution in [3.63, 3.8) is 0 Å². The lowest BCUT2D eigenvalue weighted by Gasteiger charge is -2.17. The second-order valence-electron chi connectivity index (χ2n) is 4.43. The lowest BCUT2D eigenvalue weighted by atomic mass is 10.00. The van der Waals surface area contributed by atoms with E-state index >= 15 is 0 Å². The summed E-state index contributed by atoms with van der Waals surface area (Å²) in [7, 11) is 0. The summed E-state index contributed by atoms with van der Waals surface area (Å²) >= 11 is 0. The Hall–Kier alpha value is -0.120. The van der Waals surface area contributed by atoms with Crippen LogP contribution in [-0.2, 0) is 0 Å². The zero-order valence-electron chi connectivity index (χ0n) is 9.08. The van der Waals surface area contributed by atoms with Gasteiger partial charge in [0, 0.05) is 0 Å². The van der Waals surface area contributed by atoms with Crippen LogP contribution in [0.3, 0.4) is 0 Å². The molecular formula is C10H24NO2+. The highest BCUT2D eigenvalue weighted by Crippen LogP contribution is 2.12. The molecule has 0 heterocycles. The highest BCUT2D eigenvalue weighted by atomic mass is 16.3. The van der Waals surface area contributed by atoms with E-state index in [9.17, 15) is 5.11 Å². The normalized spacial score (nSPS) is 14.5. The van der Waals surface area contributed by atoms with Crippen LogP contribution in [0.4, 0.5) is 0 Å². The van der Waals surface area contributed by atoms with E-state index in [0.29, 0.717) is 6.04 Å². The molecule has 80 valence electrons. The van der Waals surface area contributed by atoms with E-state index in [2.05, 4.69) is 12.2 Å². The molecule has 0 aliphatic rings. The Balaban J connectivity index is 3.31. The minimum atomic E-state index is -0.531. The molecule has 0 unspecified atom stereocenters. The molecular weight excluding hydrogens is 166 g/mol. The van der Waals surface area contributed by atoms with Gasteiger partial charge in [0.05, 0.1) is 24.8 Å². The molecule has 0 amide bonds. The molecule has 3 nitrogen and oxygen atoms in total. The van der Waals surface area contributed by atoms with E-state index in [-0.39, 0.29) is 6.61 Å². The van der Waals surface area contributed by atoms with Crippen LogP contribution in [0.1, 0.15) is 40.0 Å². The number of hydrogen-bond donors (Lipinski definition) is 3. The SMILES string of the molecule is C[C@@H](CCCC(C)(C)O)[NH2+]CCO. The van der Waals surface area contributed by atoms with Gasteiger partial charge in [-0.25, -0.2) is 0 Å². The zero-order chi connectivity index (χ0) is 10.3. The molecule has 0 aliphatic carbocycles. The van der Waals surface area contributed by atoms with Gasteiger partial charge in [-0.2, -0.15) is 0 Å². The first-order valence-electron chi connectivity index (χ1n) is 5.12. The molecule has 3 heteroatoms. The molecule has 0 spiro atoms. The fourth-order valence-electron chi connectivity index (χ4n) is 1.33. The summed E-state index contributed by atoms with van der Waals surface area (Å²) in [6, 6.07) is 0.550. The van der Waals surface area contributed by atoms with Gasteiger partial charge in [-0.05, 0) is 40.0 Å². The Labute approximate surface area is 81.2 Å². The molecule has 0 rings (SSSR count). The fraction of sp³-hybridized carbons (Fsp3) is 1.00. The monoisotopic (exact) mass is 190 g/mol. The molecule has 0 radical (unpaired) electrons. The van der Waals surface area contributed by atoms with Crippen molar-refractivity contribution in [2.24, 2.45) is 0 Å². The molecule has 0 saturated carbocycles. The van der Waals surface area contributed by atoms with Gasteiger partial charge < -0.3 is 15.5 Å². The second-order valence-corrected chi connectivity index (χ2v) is 4.43. The van der Waals surface area contributed by atoms with Crippen LogP contribution in [0.5, 0.6) is 0 Å².